The summed E-state index contributed by atoms with van der Waals surface area (Å²) in [5, 5.41) is 1.19. The second-order valence-corrected chi connectivity index (χ2v) is 6.27. The molecule has 108 valence electrons. The zero-order valence-corrected chi connectivity index (χ0v) is 13.7. The first-order chi connectivity index (χ1) is 9.08. The van der Waals surface area contributed by atoms with Crippen molar-refractivity contribution in [3.8, 4) is 5.75 Å². The van der Waals surface area contributed by atoms with Crippen LogP contribution in [0.2, 0.25) is 10.0 Å². The highest BCUT2D eigenvalue weighted by Crippen LogP contribution is 2.33. The number of nitrogens with two attached hydrogens (primary N) is 1. The summed E-state index contributed by atoms with van der Waals surface area (Å²) in [5.74, 6) is 1.81. The van der Waals surface area contributed by atoms with Gasteiger partial charge >= 0.3 is 0 Å². The lowest BCUT2D eigenvalue weighted by Crippen LogP contribution is -2.22. The third-order valence-corrected chi connectivity index (χ3v) is 4.03. The Balaban J connectivity index is 2.80. The fraction of sp³-hybridized carbons (Fsp3) is 0.571. The summed E-state index contributed by atoms with van der Waals surface area (Å²) >= 11 is 14.1. The van der Waals surface area contributed by atoms with Crippen LogP contribution in [0.15, 0.2) is 12.1 Å². The molecule has 0 aliphatic heterocycles. The molecule has 0 bridgehead atoms. The molecule has 0 aliphatic carbocycles. The van der Waals surface area contributed by atoms with Crippen molar-refractivity contribution in [3.63, 3.8) is 0 Å². The molecule has 0 saturated carbocycles. The predicted molar refractivity (Wildman–Crippen MR) is 86.9 cm³/mol. The first-order valence-electron chi connectivity index (χ1n) is 6.43. The molecule has 1 unspecified atom stereocenters. The van der Waals surface area contributed by atoms with E-state index in [9.17, 15) is 0 Å². The van der Waals surface area contributed by atoms with Crippen molar-refractivity contribution in [2.45, 2.75) is 32.2 Å². The van der Waals surface area contributed by atoms with Crippen LogP contribution in [0.5, 0.6) is 5.75 Å². The lowest BCUT2D eigenvalue weighted by atomic mass is 10.0. The van der Waals surface area contributed by atoms with Crippen molar-refractivity contribution in [3.05, 3.63) is 27.7 Å². The lowest BCUT2D eigenvalue weighted by Gasteiger charge is -2.16. The molecule has 0 saturated heterocycles. The minimum Gasteiger partial charge on any atom is -0.492 e. The van der Waals surface area contributed by atoms with Crippen LogP contribution in [0.1, 0.15) is 25.3 Å². The van der Waals surface area contributed by atoms with Gasteiger partial charge in [-0.05, 0) is 49.0 Å². The number of hydrogen-bond acceptors (Lipinski definition) is 3. The lowest BCUT2D eigenvalue weighted by molar-refractivity contribution is 0.315. The van der Waals surface area contributed by atoms with Gasteiger partial charge < -0.3 is 10.5 Å². The average Bonchev–Trinajstić information content (AvgIpc) is 2.36. The molecule has 0 heterocycles. The van der Waals surface area contributed by atoms with E-state index in [0.29, 0.717) is 16.7 Å². The van der Waals surface area contributed by atoms with Gasteiger partial charge in [-0.2, -0.15) is 11.8 Å². The molecule has 0 fully saturated rings. The maximum absolute atomic E-state index is 6.22. The molecule has 2 N–H and O–H groups in total. The van der Waals surface area contributed by atoms with Crippen LogP contribution in [-0.2, 0) is 6.42 Å². The van der Waals surface area contributed by atoms with Crippen molar-refractivity contribution < 1.29 is 4.74 Å². The number of rotatable bonds is 8. The smallest absolute Gasteiger partial charge is 0.141 e. The van der Waals surface area contributed by atoms with E-state index in [-0.39, 0.29) is 6.04 Å². The van der Waals surface area contributed by atoms with Gasteiger partial charge in [0.05, 0.1) is 11.6 Å². The Morgan fingerprint density at radius 1 is 1.37 bits per heavy atom. The van der Waals surface area contributed by atoms with Crippen molar-refractivity contribution in [1.82, 2.24) is 0 Å². The van der Waals surface area contributed by atoms with Crippen LogP contribution in [0.25, 0.3) is 0 Å². The Labute approximate surface area is 130 Å². The molecule has 0 aliphatic rings. The fourth-order valence-electron chi connectivity index (χ4n) is 1.73. The van der Waals surface area contributed by atoms with Crippen molar-refractivity contribution in [2.75, 3.05) is 18.6 Å². The molecular formula is C14H21Cl2NOS. The van der Waals surface area contributed by atoms with Crippen LogP contribution < -0.4 is 10.5 Å². The molecule has 1 atom stereocenters. The first kappa shape index (κ1) is 17.0. The number of hydrogen-bond donors (Lipinski definition) is 1. The molecule has 5 heteroatoms. The average molecular weight is 322 g/mol. The third-order valence-electron chi connectivity index (χ3n) is 2.83. The summed E-state index contributed by atoms with van der Waals surface area (Å²) in [5.41, 5.74) is 7.00. The summed E-state index contributed by atoms with van der Waals surface area (Å²) < 4.78 is 5.81. The normalized spacial score (nSPS) is 12.5. The van der Waals surface area contributed by atoms with E-state index in [1.165, 1.54) is 0 Å². The zero-order chi connectivity index (χ0) is 14.3. The Morgan fingerprint density at radius 3 is 2.74 bits per heavy atom. The van der Waals surface area contributed by atoms with Crippen molar-refractivity contribution in [2.24, 2.45) is 5.73 Å². The molecule has 1 rings (SSSR count). The topological polar surface area (TPSA) is 35.2 Å². The Morgan fingerprint density at radius 2 is 2.11 bits per heavy atom. The summed E-state index contributed by atoms with van der Waals surface area (Å²) in [6.07, 6.45) is 4.73. The summed E-state index contributed by atoms with van der Waals surface area (Å²) in [7, 11) is 0. The van der Waals surface area contributed by atoms with Crippen molar-refractivity contribution in [1.29, 1.82) is 0 Å². The van der Waals surface area contributed by atoms with Crippen LogP contribution in [0.4, 0.5) is 0 Å². The van der Waals surface area contributed by atoms with E-state index >= 15 is 0 Å². The molecule has 0 radical (unpaired) electrons. The first-order valence-corrected chi connectivity index (χ1v) is 8.58. The highest BCUT2D eigenvalue weighted by molar-refractivity contribution is 7.98. The van der Waals surface area contributed by atoms with Gasteiger partial charge in [0.2, 0.25) is 0 Å². The Kier molecular flexibility index (Phi) is 8.00. The molecular weight excluding hydrogens is 301 g/mol. The van der Waals surface area contributed by atoms with Gasteiger partial charge in [-0.1, -0.05) is 30.1 Å². The van der Waals surface area contributed by atoms with Gasteiger partial charge in [0.1, 0.15) is 5.75 Å². The Hall–Kier alpha value is -0.0900. The number of benzene rings is 1. The van der Waals surface area contributed by atoms with E-state index in [2.05, 4.69) is 13.2 Å². The number of halogens is 2. The molecule has 0 amide bonds. The number of thioether (sulfide) groups is 1. The molecule has 0 spiro atoms. The van der Waals surface area contributed by atoms with Gasteiger partial charge in [0.15, 0.2) is 0 Å². The van der Waals surface area contributed by atoms with Gasteiger partial charge in [-0.25, -0.2) is 0 Å². The molecule has 19 heavy (non-hydrogen) atoms. The monoisotopic (exact) mass is 321 g/mol. The zero-order valence-electron chi connectivity index (χ0n) is 11.4. The van der Waals surface area contributed by atoms with E-state index in [4.69, 9.17) is 33.7 Å². The van der Waals surface area contributed by atoms with E-state index in [1.807, 2.05) is 17.8 Å². The van der Waals surface area contributed by atoms with Gasteiger partial charge in [-0.3, -0.25) is 0 Å². The largest absolute Gasteiger partial charge is 0.492 e. The maximum atomic E-state index is 6.22. The standard InChI is InChI=1S/C14H21Cl2NOS/c1-3-12(17)8-10-7-11(15)9-13(16)14(10)18-5-4-6-19-2/h7,9,12H,3-6,8,17H2,1-2H3. The van der Waals surface area contributed by atoms with E-state index in [0.717, 1.165) is 36.3 Å². The second-order valence-electron chi connectivity index (χ2n) is 4.44. The van der Waals surface area contributed by atoms with Crippen LogP contribution in [-0.4, -0.2) is 24.7 Å². The summed E-state index contributed by atoms with van der Waals surface area (Å²) in [4.78, 5) is 0. The second kappa shape index (κ2) is 8.96. The highest BCUT2D eigenvalue weighted by atomic mass is 35.5. The van der Waals surface area contributed by atoms with Crippen LogP contribution in [0, 0.1) is 0 Å². The van der Waals surface area contributed by atoms with E-state index < -0.39 is 0 Å². The summed E-state index contributed by atoms with van der Waals surface area (Å²) in [6, 6.07) is 3.71. The maximum Gasteiger partial charge on any atom is 0.141 e. The molecule has 1 aromatic rings. The Bertz CT molecular complexity index is 401. The van der Waals surface area contributed by atoms with Gasteiger partial charge in [0.25, 0.3) is 0 Å². The van der Waals surface area contributed by atoms with Gasteiger partial charge in [0, 0.05) is 11.1 Å². The van der Waals surface area contributed by atoms with Crippen LogP contribution >= 0.6 is 35.0 Å². The predicted octanol–water partition coefficient (Wildman–Crippen LogP) is 4.41. The number of ether oxygens (including phenoxy) is 1. The molecule has 1 aromatic carbocycles. The minimum atomic E-state index is 0.100. The SMILES string of the molecule is CCC(N)Cc1cc(Cl)cc(Cl)c1OCCCSC. The molecule has 0 aromatic heterocycles. The van der Waals surface area contributed by atoms with E-state index in [1.54, 1.807) is 6.07 Å². The fourth-order valence-corrected chi connectivity index (χ4v) is 2.73. The van der Waals surface area contributed by atoms with Crippen molar-refractivity contribution >= 4 is 35.0 Å². The van der Waals surface area contributed by atoms with Crippen LogP contribution in [0.3, 0.4) is 0 Å². The van der Waals surface area contributed by atoms with Gasteiger partial charge in [-0.15, -0.1) is 0 Å². The highest BCUT2D eigenvalue weighted by Gasteiger charge is 2.13. The minimum absolute atomic E-state index is 0.100. The quantitative estimate of drug-likeness (QED) is 0.720. The third kappa shape index (κ3) is 5.82. The summed E-state index contributed by atoms with van der Waals surface area (Å²) in [6.45, 7) is 2.73. The molecule has 2 nitrogen and oxygen atoms in total.